The summed E-state index contributed by atoms with van der Waals surface area (Å²) >= 11 is 1.82. The molecule has 0 amide bonds. The molecule has 4 nitrogen and oxygen atoms in total. The second kappa shape index (κ2) is 4.41. The van der Waals surface area contributed by atoms with Crippen LogP contribution in [-0.2, 0) is 4.74 Å². The zero-order chi connectivity index (χ0) is 11.0. The monoisotopic (exact) mass is 239 g/mol. The summed E-state index contributed by atoms with van der Waals surface area (Å²) in [7, 11) is 0. The first-order chi connectivity index (χ1) is 7.84. The molecule has 2 aliphatic rings. The van der Waals surface area contributed by atoms with Gasteiger partial charge in [0.05, 0.1) is 24.3 Å². The molecule has 1 aromatic rings. The Balaban J connectivity index is 1.82. The molecule has 2 fully saturated rings. The molecule has 16 heavy (non-hydrogen) atoms. The Labute approximate surface area is 99.6 Å². The van der Waals surface area contributed by atoms with Crippen molar-refractivity contribution in [1.29, 1.82) is 0 Å². The number of ether oxygens (including phenoxy) is 1. The molecule has 0 aromatic carbocycles. The predicted molar refractivity (Wildman–Crippen MR) is 63.8 cm³/mol. The van der Waals surface area contributed by atoms with Crippen molar-refractivity contribution in [1.82, 2.24) is 15.2 Å². The molecule has 2 unspecified atom stereocenters. The van der Waals surface area contributed by atoms with Crippen LogP contribution in [-0.4, -0.2) is 48.8 Å². The molecule has 1 N–H and O–H groups in total. The zero-order valence-electron chi connectivity index (χ0n) is 9.48. The van der Waals surface area contributed by atoms with Crippen molar-refractivity contribution >= 4 is 11.3 Å². The van der Waals surface area contributed by atoms with Crippen molar-refractivity contribution in [2.45, 2.75) is 19.0 Å². The summed E-state index contributed by atoms with van der Waals surface area (Å²) in [6.07, 6.45) is 2.03. The van der Waals surface area contributed by atoms with Crippen molar-refractivity contribution < 1.29 is 4.74 Å². The maximum atomic E-state index is 5.53. The summed E-state index contributed by atoms with van der Waals surface area (Å²) < 4.78 is 5.53. The number of hydrogen-bond donors (Lipinski definition) is 1. The van der Waals surface area contributed by atoms with E-state index in [0.29, 0.717) is 12.1 Å². The van der Waals surface area contributed by atoms with Gasteiger partial charge >= 0.3 is 0 Å². The minimum Gasteiger partial charge on any atom is -0.378 e. The lowest BCUT2D eigenvalue weighted by atomic mass is 10.1. The Morgan fingerprint density at radius 3 is 3.31 bits per heavy atom. The second-order valence-electron chi connectivity index (χ2n) is 4.42. The maximum Gasteiger partial charge on any atom is 0.0897 e. The maximum absolute atomic E-state index is 5.53. The summed E-state index contributed by atoms with van der Waals surface area (Å²) in [5.41, 5.74) is 0. The highest BCUT2D eigenvalue weighted by Gasteiger charge is 2.34. The van der Waals surface area contributed by atoms with Crippen LogP contribution in [0.5, 0.6) is 0 Å². The molecule has 2 aliphatic heterocycles. The van der Waals surface area contributed by atoms with Crippen LogP contribution in [0.15, 0.2) is 6.20 Å². The van der Waals surface area contributed by atoms with E-state index in [1.807, 2.05) is 17.5 Å². The number of morpholine rings is 1. The van der Waals surface area contributed by atoms with Gasteiger partial charge in [0.25, 0.3) is 0 Å². The van der Waals surface area contributed by atoms with Crippen molar-refractivity contribution in [3.63, 3.8) is 0 Å². The van der Waals surface area contributed by atoms with Crippen molar-refractivity contribution in [3.05, 3.63) is 16.1 Å². The SMILES string of the molecule is Cc1ncc(C2CNCC3COCCN32)s1. The smallest absolute Gasteiger partial charge is 0.0897 e. The van der Waals surface area contributed by atoms with E-state index in [4.69, 9.17) is 4.74 Å². The Bertz CT molecular complexity index is 366. The van der Waals surface area contributed by atoms with Gasteiger partial charge in [-0.25, -0.2) is 4.98 Å². The van der Waals surface area contributed by atoms with Gasteiger partial charge < -0.3 is 10.1 Å². The largest absolute Gasteiger partial charge is 0.378 e. The van der Waals surface area contributed by atoms with Crippen LogP contribution >= 0.6 is 11.3 Å². The first-order valence-electron chi connectivity index (χ1n) is 5.81. The number of nitrogens with one attached hydrogen (secondary N) is 1. The summed E-state index contributed by atoms with van der Waals surface area (Å²) in [6.45, 7) is 6.94. The number of hydrogen-bond acceptors (Lipinski definition) is 5. The quantitative estimate of drug-likeness (QED) is 0.786. The van der Waals surface area contributed by atoms with Gasteiger partial charge in [-0.05, 0) is 6.92 Å². The van der Waals surface area contributed by atoms with Gasteiger partial charge in [-0.2, -0.15) is 0 Å². The lowest BCUT2D eigenvalue weighted by Crippen LogP contribution is -2.57. The Morgan fingerprint density at radius 1 is 1.56 bits per heavy atom. The molecule has 3 rings (SSSR count). The lowest BCUT2D eigenvalue weighted by molar-refractivity contribution is -0.0420. The van der Waals surface area contributed by atoms with E-state index in [1.54, 1.807) is 0 Å². The molecule has 88 valence electrons. The zero-order valence-corrected chi connectivity index (χ0v) is 10.3. The van der Waals surface area contributed by atoms with Crippen LogP contribution in [0.1, 0.15) is 15.9 Å². The highest BCUT2D eigenvalue weighted by Crippen LogP contribution is 2.30. The summed E-state index contributed by atoms with van der Waals surface area (Å²) in [6, 6.07) is 1.03. The van der Waals surface area contributed by atoms with Crippen molar-refractivity contribution in [3.8, 4) is 0 Å². The number of fused-ring (bicyclic) bond motifs is 1. The van der Waals surface area contributed by atoms with Gasteiger partial charge in [0, 0.05) is 36.8 Å². The molecule has 0 bridgehead atoms. The molecule has 2 saturated heterocycles. The fraction of sp³-hybridized carbons (Fsp3) is 0.727. The molecule has 0 aliphatic carbocycles. The van der Waals surface area contributed by atoms with E-state index < -0.39 is 0 Å². The molecule has 0 saturated carbocycles. The van der Waals surface area contributed by atoms with Gasteiger partial charge in [0.2, 0.25) is 0 Å². The highest BCUT2D eigenvalue weighted by atomic mass is 32.1. The van der Waals surface area contributed by atoms with E-state index in [2.05, 4.69) is 22.1 Å². The molecular weight excluding hydrogens is 222 g/mol. The van der Waals surface area contributed by atoms with Crippen LogP contribution in [0.2, 0.25) is 0 Å². The standard InChI is InChI=1S/C11H17N3OS/c1-8-13-6-11(16-8)10-5-12-4-9-7-15-3-2-14(9)10/h6,9-10,12H,2-5,7H2,1H3. The van der Waals surface area contributed by atoms with Crippen molar-refractivity contribution in [2.24, 2.45) is 0 Å². The fourth-order valence-electron chi connectivity index (χ4n) is 2.55. The summed E-state index contributed by atoms with van der Waals surface area (Å²) in [5, 5.41) is 4.66. The molecule has 1 aromatic heterocycles. The van der Waals surface area contributed by atoms with E-state index in [0.717, 1.165) is 37.9 Å². The number of thiazole rings is 1. The van der Waals surface area contributed by atoms with Crippen LogP contribution in [0, 0.1) is 6.92 Å². The summed E-state index contributed by atoms with van der Waals surface area (Å²) in [5.74, 6) is 0. The Morgan fingerprint density at radius 2 is 2.50 bits per heavy atom. The highest BCUT2D eigenvalue weighted by molar-refractivity contribution is 7.11. The third-order valence-electron chi connectivity index (χ3n) is 3.36. The molecule has 0 spiro atoms. The Kier molecular flexibility index (Phi) is 2.93. The normalized spacial score (nSPS) is 31.3. The number of aryl methyl sites for hydroxylation is 1. The topological polar surface area (TPSA) is 37.4 Å². The number of nitrogens with zero attached hydrogens (tertiary/aromatic N) is 2. The fourth-order valence-corrected chi connectivity index (χ4v) is 3.46. The average molecular weight is 239 g/mol. The molecule has 2 atom stereocenters. The molecule has 5 heteroatoms. The minimum absolute atomic E-state index is 0.494. The predicted octanol–water partition coefficient (Wildman–Crippen LogP) is 0.797. The second-order valence-corrected chi connectivity index (χ2v) is 5.69. The van der Waals surface area contributed by atoms with Crippen LogP contribution < -0.4 is 5.32 Å². The van der Waals surface area contributed by atoms with E-state index in [9.17, 15) is 0 Å². The van der Waals surface area contributed by atoms with Gasteiger partial charge in [-0.15, -0.1) is 11.3 Å². The molecule has 3 heterocycles. The number of aromatic nitrogens is 1. The van der Waals surface area contributed by atoms with E-state index in [-0.39, 0.29) is 0 Å². The first-order valence-corrected chi connectivity index (χ1v) is 6.63. The van der Waals surface area contributed by atoms with E-state index >= 15 is 0 Å². The third kappa shape index (κ3) is 1.88. The third-order valence-corrected chi connectivity index (χ3v) is 4.37. The first kappa shape index (κ1) is 10.7. The van der Waals surface area contributed by atoms with Gasteiger partial charge in [-0.3, -0.25) is 4.90 Å². The lowest BCUT2D eigenvalue weighted by Gasteiger charge is -2.44. The van der Waals surface area contributed by atoms with E-state index in [1.165, 1.54) is 4.88 Å². The number of rotatable bonds is 1. The Hall–Kier alpha value is -0.490. The summed E-state index contributed by atoms with van der Waals surface area (Å²) in [4.78, 5) is 8.32. The van der Waals surface area contributed by atoms with Gasteiger partial charge in [-0.1, -0.05) is 0 Å². The minimum atomic E-state index is 0.494. The molecular formula is C11H17N3OS. The van der Waals surface area contributed by atoms with Gasteiger partial charge in [0.1, 0.15) is 0 Å². The number of piperazine rings is 1. The van der Waals surface area contributed by atoms with Crippen LogP contribution in [0.25, 0.3) is 0 Å². The van der Waals surface area contributed by atoms with Crippen LogP contribution in [0.3, 0.4) is 0 Å². The van der Waals surface area contributed by atoms with Crippen LogP contribution in [0.4, 0.5) is 0 Å². The van der Waals surface area contributed by atoms with Crippen molar-refractivity contribution in [2.75, 3.05) is 32.8 Å². The molecule has 0 radical (unpaired) electrons. The average Bonchev–Trinajstić information content (AvgIpc) is 2.75. The van der Waals surface area contributed by atoms with Gasteiger partial charge in [0.15, 0.2) is 0 Å².